The second-order valence-electron chi connectivity index (χ2n) is 8.91. The van der Waals surface area contributed by atoms with Gasteiger partial charge in [0, 0.05) is 17.3 Å². The molecule has 31 heavy (non-hydrogen) atoms. The van der Waals surface area contributed by atoms with E-state index in [9.17, 15) is 14.4 Å². The molecule has 2 aromatic rings. The van der Waals surface area contributed by atoms with Crippen LogP contribution in [0.25, 0.3) is 5.57 Å². The van der Waals surface area contributed by atoms with Gasteiger partial charge in [-0.2, -0.15) is 0 Å². The van der Waals surface area contributed by atoms with Crippen LogP contribution in [0, 0.1) is 18.8 Å². The number of carbonyl (C=O) groups is 3. The standard InChI is InChI=1S/C25H26N2O3S/c1-5-15(4)26-24(29)20-18-12-14(3)16-11-13(2)8-9-17(16)27(18)22(21(20)25(26)30)23(28)19-7-6-10-31-19/h6-12,15,18,20-22H,5H2,1-4H3/t15-,18-,20-,21-,22-/m0/s1. The molecule has 0 spiro atoms. The zero-order valence-electron chi connectivity index (χ0n) is 18.2. The van der Waals surface area contributed by atoms with Crippen molar-refractivity contribution in [2.75, 3.05) is 4.90 Å². The number of likely N-dealkylation sites (tertiary alicyclic amines) is 1. The van der Waals surface area contributed by atoms with Crippen LogP contribution in [0.3, 0.4) is 0 Å². The molecule has 3 aliphatic heterocycles. The quantitative estimate of drug-likeness (QED) is 0.531. The summed E-state index contributed by atoms with van der Waals surface area (Å²) in [7, 11) is 0. The van der Waals surface area contributed by atoms with Crippen LogP contribution in [0.5, 0.6) is 0 Å². The Hall–Kier alpha value is -2.73. The maximum Gasteiger partial charge on any atom is 0.236 e. The number of hydrogen-bond donors (Lipinski definition) is 0. The molecule has 5 rings (SSSR count). The van der Waals surface area contributed by atoms with Crippen LogP contribution >= 0.6 is 11.3 Å². The number of nitrogens with zero attached hydrogens (tertiary/aromatic N) is 2. The van der Waals surface area contributed by atoms with E-state index >= 15 is 0 Å². The summed E-state index contributed by atoms with van der Waals surface area (Å²) in [5.41, 5.74) is 4.24. The lowest BCUT2D eigenvalue weighted by Crippen LogP contribution is -2.50. The molecule has 2 saturated heterocycles. The maximum atomic E-state index is 13.7. The number of allylic oxidation sites excluding steroid dienone is 1. The van der Waals surface area contributed by atoms with Crippen molar-refractivity contribution in [3.8, 4) is 0 Å². The van der Waals surface area contributed by atoms with E-state index in [4.69, 9.17) is 0 Å². The first-order chi connectivity index (χ1) is 14.8. The van der Waals surface area contributed by atoms with Crippen LogP contribution in [-0.4, -0.2) is 40.6 Å². The minimum atomic E-state index is -0.676. The van der Waals surface area contributed by atoms with Crippen LogP contribution in [0.15, 0.2) is 41.8 Å². The molecule has 1 aromatic heterocycles. The topological polar surface area (TPSA) is 57.7 Å². The number of ketones is 1. The lowest BCUT2D eigenvalue weighted by molar-refractivity contribution is -0.142. The number of rotatable bonds is 4. The summed E-state index contributed by atoms with van der Waals surface area (Å²) >= 11 is 1.39. The summed E-state index contributed by atoms with van der Waals surface area (Å²) in [5, 5.41) is 1.88. The van der Waals surface area contributed by atoms with Gasteiger partial charge in [-0.15, -0.1) is 11.3 Å². The lowest BCUT2D eigenvalue weighted by atomic mass is 9.86. The molecule has 0 aliphatic carbocycles. The predicted molar refractivity (Wildman–Crippen MR) is 122 cm³/mol. The van der Waals surface area contributed by atoms with E-state index in [1.165, 1.54) is 16.2 Å². The highest BCUT2D eigenvalue weighted by molar-refractivity contribution is 7.12. The number of fused-ring (bicyclic) bond motifs is 5. The molecule has 6 heteroatoms. The molecule has 0 unspecified atom stereocenters. The highest BCUT2D eigenvalue weighted by Gasteiger charge is 2.64. The fourth-order valence-electron chi connectivity index (χ4n) is 5.46. The third-order valence-electron chi connectivity index (χ3n) is 7.10. The van der Waals surface area contributed by atoms with Crippen molar-refractivity contribution >= 4 is 40.2 Å². The van der Waals surface area contributed by atoms with E-state index in [0.717, 1.165) is 22.4 Å². The van der Waals surface area contributed by atoms with Crippen LogP contribution in [0.4, 0.5) is 5.69 Å². The fourth-order valence-corrected chi connectivity index (χ4v) is 6.16. The predicted octanol–water partition coefficient (Wildman–Crippen LogP) is 4.31. The number of amides is 2. The number of Topliss-reactive ketones (excluding diaryl/α,β-unsaturated/α-hetero) is 1. The average molecular weight is 435 g/mol. The molecule has 0 N–H and O–H groups in total. The Bertz CT molecular complexity index is 1120. The van der Waals surface area contributed by atoms with Gasteiger partial charge in [0.25, 0.3) is 0 Å². The Balaban J connectivity index is 1.69. The van der Waals surface area contributed by atoms with E-state index < -0.39 is 17.9 Å². The molecule has 5 nitrogen and oxygen atoms in total. The largest absolute Gasteiger partial charge is 0.352 e. The van der Waals surface area contributed by atoms with Gasteiger partial charge in [-0.3, -0.25) is 19.3 Å². The summed E-state index contributed by atoms with van der Waals surface area (Å²) in [6.07, 6.45) is 2.79. The first kappa shape index (κ1) is 20.2. The molecule has 5 atom stereocenters. The van der Waals surface area contributed by atoms with E-state index in [1.54, 1.807) is 0 Å². The van der Waals surface area contributed by atoms with Crippen molar-refractivity contribution in [3.05, 3.63) is 57.8 Å². The Morgan fingerprint density at radius 2 is 1.87 bits per heavy atom. The molecule has 2 amide bonds. The zero-order valence-corrected chi connectivity index (χ0v) is 19.0. The lowest BCUT2D eigenvalue weighted by Gasteiger charge is -2.38. The van der Waals surface area contributed by atoms with Crippen molar-refractivity contribution in [1.29, 1.82) is 0 Å². The molecule has 2 fully saturated rings. The number of imide groups is 1. The van der Waals surface area contributed by atoms with Crippen molar-refractivity contribution in [1.82, 2.24) is 4.90 Å². The van der Waals surface area contributed by atoms with Crippen molar-refractivity contribution in [3.63, 3.8) is 0 Å². The number of benzene rings is 1. The van der Waals surface area contributed by atoms with Gasteiger partial charge in [0.15, 0.2) is 5.78 Å². The second kappa shape index (κ2) is 7.16. The normalized spacial score (nSPS) is 27.7. The van der Waals surface area contributed by atoms with Gasteiger partial charge in [-0.05, 0) is 56.3 Å². The van der Waals surface area contributed by atoms with E-state index in [2.05, 4.69) is 17.0 Å². The Morgan fingerprint density at radius 3 is 2.55 bits per heavy atom. The van der Waals surface area contributed by atoms with Crippen LogP contribution in [-0.2, 0) is 9.59 Å². The summed E-state index contributed by atoms with van der Waals surface area (Å²) in [4.78, 5) is 44.9. The van der Waals surface area contributed by atoms with Gasteiger partial charge in [0.05, 0.1) is 22.8 Å². The molecular weight excluding hydrogens is 408 g/mol. The van der Waals surface area contributed by atoms with Crippen LogP contribution in [0.1, 0.15) is 48.0 Å². The SMILES string of the molecule is CC[C@H](C)N1C(=O)[C@@H]2[C@H](C1=O)[C@@H](C(=O)c1cccs1)N1c3ccc(C)cc3C(C)=C[C@@H]21. The Morgan fingerprint density at radius 1 is 1.13 bits per heavy atom. The van der Waals surface area contributed by atoms with Crippen molar-refractivity contribution in [2.24, 2.45) is 11.8 Å². The highest BCUT2D eigenvalue weighted by Crippen LogP contribution is 2.51. The van der Waals surface area contributed by atoms with Gasteiger partial charge in [0.1, 0.15) is 6.04 Å². The Kier molecular flexibility index (Phi) is 4.66. The molecule has 0 radical (unpaired) electrons. The van der Waals surface area contributed by atoms with E-state index in [-0.39, 0.29) is 29.7 Å². The van der Waals surface area contributed by atoms with Gasteiger partial charge in [-0.1, -0.05) is 30.7 Å². The zero-order chi connectivity index (χ0) is 22.0. The third-order valence-corrected chi connectivity index (χ3v) is 7.99. The van der Waals surface area contributed by atoms with Crippen LogP contribution < -0.4 is 4.90 Å². The highest BCUT2D eigenvalue weighted by atomic mass is 32.1. The number of anilines is 1. The summed E-state index contributed by atoms with van der Waals surface area (Å²) < 4.78 is 0. The first-order valence-electron chi connectivity index (χ1n) is 10.9. The number of thiophene rings is 1. The molecule has 3 aliphatic rings. The van der Waals surface area contributed by atoms with Crippen LogP contribution in [0.2, 0.25) is 0 Å². The molecule has 0 saturated carbocycles. The molecular formula is C25H26N2O3S. The number of aryl methyl sites for hydroxylation is 1. The van der Waals surface area contributed by atoms with Gasteiger partial charge in [0.2, 0.25) is 11.8 Å². The van der Waals surface area contributed by atoms with Gasteiger partial charge < -0.3 is 4.90 Å². The minimum Gasteiger partial charge on any atom is -0.352 e. The number of hydrogen-bond acceptors (Lipinski definition) is 5. The molecule has 160 valence electrons. The summed E-state index contributed by atoms with van der Waals surface area (Å²) in [6, 6.07) is 8.71. The van der Waals surface area contributed by atoms with Gasteiger partial charge in [-0.25, -0.2) is 0 Å². The average Bonchev–Trinajstić information content (AvgIpc) is 3.44. The van der Waals surface area contributed by atoms with Gasteiger partial charge >= 0.3 is 0 Å². The maximum absolute atomic E-state index is 13.7. The first-order valence-corrected chi connectivity index (χ1v) is 11.8. The summed E-state index contributed by atoms with van der Waals surface area (Å²) in [5.74, 6) is -1.59. The van der Waals surface area contributed by atoms with E-state index in [0.29, 0.717) is 11.3 Å². The summed E-state index contributed by atoms with van der Waals surface area (Å²) in [6.45, 7) is 7.98. The Labute approximate surface area is 186 Å². The van der Waals surface area contributed by atoms with E-state index in [1.807, 2.05) is 57.3 Å². The minimum absolute atomic E-state index is 0.0703. The second-order valence-corrected chi connectivity index (χ2v) is 9.86. The smallest absolute Gasteiger partial charge is 0.236 e. The molecule has 4 heterocycles. The van der Waals surface area contributed by atoms with Crippen molar-refractivity contribution in [2.45, 2.75) is 52.2 Å². The van der Waals surface area contributed by atoms with Crippen molar-refractivity contribution < 1.29 is 14.4 Å². The monoisotopic (exact) mass is 434 g/mol. The fraction of sp³-hybridized carbons (Fsp3) is 0.400. The number of carbonyl (C=O) groups excluding carboxylic acids is 3. The third kappa shape index (κ3) is 2.77. The molecule has 1 aromatic carbocycles. The molecule has 0 bridgehead atoms.